The Morgan fingerprint density at radius 3 is 2.94 bits per heavy atom. The molecule has 0 aromatic rings. The van der Waals surface area contributed by atoms with E-state index in [9.17, 15) is 4.79 Å². The Kier molecular flexibility index (Phi) is 2.16. The first-order valence-corrected chi connectivity index (χ1v) is 6.32. The van der Waals surface area contributed by atoms with Gasteiger partial charge in [-0.15, -0.1) is 0 Å². The van der Waals surface area contributed by atoms with Crippen LogP contribution in [0.2, 0.25) is 0 Å². The van der Waals surface area contributed by atoms with Crippen LogP contribution in [0.4, 0.5) is 0 Å². The summed E-state index contributed by atoms with van der Waals surface area (Å²) >= 11 is 0. The van der Waals surface area contributed by atoms with E-state index in [1.807, 2.05) is 0 Å². The average molecular weight is 234 g/mol. The summed E-state index contributed by atoms with van der Waals surface area (Å²) in [6, 6.07) is 0. The van der Waals surface area contributed by atoms with E-state index in [1.54, 1.807) is 0 Å². The molecule has 0 saturated carbocycles. The smallest absolute Gasteiger partial charge is 0.338 e. The largest absolute Gasteiger partial charge is 0.515 e. The number of carbonyl (C=O) groups is 1. The molecule has 0 amide bonds. The standard InChI is InChI=1S/C14H18O3/c1-14(2)5-3-4-8-6-9-10(7-15)13(16)17-12(9)11(8)14/h7,9,12,15H,3-6H2,1-2H3/b10-7+/t9-,12+/m1/s1. The van der Waals surface area contributed by atoms with Gasteiger partial charge in [-0.2, -0.15) is 0 Å². The van der Waals surface area contributed by atoms with Gasteiger partial charge in [-0.05, 0) is 36.7 Å². The minimum absolute atomic E-state index is 0.0647. The Morgan fingerprint density at radius 1 is 1.47 bits per heavy atom. The van der Waals surface area contributed by atoms with Crippen molar-refractivity contribution in [1.29, 1.82) is 0 Å². The SMILES string of the molecule is CC1(C)CCCC2=C1[C@H]1OC(=O)/C(=C/O)[C@H]1C2. The fraction of sp³-hybridized carbons (Fsp3) is 0.643. The fourth-order valence-electron chi connectivity index (χ4n) is 3.76. The molecule has 0 unspecified atom stereocenters. The molecule has 0 aromatic carbocycles. The van der Waals surface area contributed by atoms with Crippen molar-refractivity contribution in [3.05, 3.63) is 23.0 Å². The van der Waals surface area contributed by atoms with Gasteiger partial charge >= 0.3 is 5.97 Å². The number of esters is 1. The second-order valence-corrected chi connectivity index (χ2v) is 5.98. The fourth-order valence-corrected chi connectivity index (χ4v) is 3.76. The summed E-state index contributed by atoms with van der Waals surface area (Å²) in [4.78, 5) is 11.6. The lowest BCUT2D eigenvalue weighted by atomic mass is 9.72. The van der Waals surface area contributed by atoms with Gasteiger partial charge < -0.3 is 9.84 Å². The van der Waals surface area contributed by atoms with Crippen molar-refractivity contribution < 1.29 is 14.6 Å². The maximum absolute atomic E-state index is 11.6. The maximum atomic E-state index is 11.6. The first kappa shape index (κ1) is 10.9. The highest BCUT2D eigenvalue weighted by Gasteiger charge is 2.51. The summed E-state index contributed by atoms with van der Waals surface area (Å²) in [5.74, 6) is -0.273. The lowest BCUT2D eigenvalue weighted by Crippen LogP contribution is -2.27. The molecule has 3 nitrogen and oxygen atoms in total. The topological polar surface area (TPSA) is 46.5 Å². The van der Waals surface area contributed by atoms with Gasteiger partial charge in [-0.1, -0.05) is 19.4 Å². The number of rotatable bonds is 0. The van der Waals surface area contributed by atoms with Crippen LogP contribution in [0.25, 0.3) is 0 Å². The molecule has 1 saturated heterocycles. The molecule has 3 aliphatic rings. The normalized spacial score (nSPS) is 37.1. The van der Waals surface area contributed by atoms with Crippen LogP contribution in [0.15, 0.2) is 23.0 Å². The van der Waals surface area contributed by atoms with Gasteiger partial charge in [0.25, 0.3) is 0 Å². The zero-order chi connectivity index (χ0) is 12.2. The first-order chi connectivity index (χ1) is 8.04. The predicted molar refractivity (Wildman–Crippen MR) is 63.4 cm³/mol. The Labute approximate surface area is 101 Å². The van der Waals surface area contributed by atoms with Gasteiger partial charge in [0, 0.05) is 5.92 Å². The van der Waals surface area contributed by atoms with Gasteiger partial charge in [0.2, 0.25) is 0 Å². The number of aliphatic hydroxyl groups is 1. The van der Waals surface area contributed by atoms with Crippen LogP contribution in [0, 0.1) is 11.3 Å². The Balaban J connectivity index is 2.02. The number of hydrogen-bond acceptors (Lipinski definition) is 3. The van der Waals surface area contributed by atoms with Gasteiger partial charge in [0.05, 0.1) is 11.8 Å². The van der Waals surface area contributed by atoms with E-state index >= 15 is 0 Å². The molecule has 1 fully saturated rings. The minimum Gasteiger partial charge on any atom is -0.515 e. The second-order valence-electron chi connectivity index (χ2n) is 5.98. The van der Waals surface area contributed by atoms with Crippen molar-refractivity contribution in [2.45, 2.75) is 45.6 Å². The second kappa shape index (κ2) is 3.37. The molecule has 0 bridgehead atoms. The third-order valence-electron chi connectivity index (χ3n) is 4.51. The van der Waals surface area contributed by atoms with Crippen LogP contribution in [0.3, 0.4) is 0 Å². The minimum atomic E-state index is -0.338. The summed E-state index contributed by atoms with van der Waals surface area (Å²) in [7, 11) is 0. The van der Waals surface area contributed by atoms with Crippen LogP contribution in [0.1, 0.15) is 39.5 Å². The summed E-state index contributed by atoms with van der Waals surface area (Å²) in [6.45, 7) is 4.47. The highest BCUT2D eigenvalue weighted by molar-refractivity contribution is 5.92. The lowest BCUT2D eigenvalue weighted by molar-refractivity contribution is -0.138. The van der Waals surface area contributed by atoms with Crippen LogP contribution < -0.4 is 0 Å². The molecule has 17 heavy (non-hydrogen) atoms. The Hall–Kier alpha value is -1.25. The molecule has 2 atom stereocenters. The van der Waals surface area contributed by atoms with E-state index in [-0.39, 0.29) is 23.4 Å². The van der Waals surface area contributed by atoms with Crippen molar-refractivity contribution >= 4 is 5.97 Å². The molecule has 92 valence electrons. The molecule has 0 spiro atoms. The van der Waals surface area contributed by atoms with Crippen LogP contribution in [-0.2, 0) is 9.53 Å². The zero-order valence-corrected chi connectivity index (χ0v) is 10.3. The van der Waals surface area contributed by atoms with E-state index in [1.165, 1.54) is 17.6 Å². The highest BCUT2D eigenvalue weighted by atomic mass is 16.6. The molecule has 1 N–H and O–H groups in total. The van der Waals surface area contributed by atoms with Crippen molar-refractivity contribution in [2.24, 2.45) is 11.3 Å². The maximum Gasteiger partial charge on any atom is 0.338 e. The molecule has 3 heteroatoms. The van der Waals surface area contributed by atoms with Crippen LogP contribution in [-0.4, -0.2) is 17.2 Å². The zero-order valence-electron chi connectivity index (χ0n) is 10.3. The monoisotopic (exact) mass is 234 g/mol. The van der Waals surface area contributed by atoms with Gasteiger partial charge in [0.1, 0.15) is 6.10 Å². The highest BCUT2D eigenvalue weighted by Crippen LogP contribution is 2.54. The van der Waals surface area contributed by atoms with Gasteiger partial charge in [-0.3, -0.25) is 0 Å². The predicted octanol–water partition coefficient (Wildman–Crippen LogP) is 2.88. The molecule has 3 rings (SSSR count). The van der Waals surface area contributed by atoms with Crippen molar-refractivity contribution in [1.82, 2.24) is 0 Å². The molecular weight excluding hydrogens is 216 g/mol. The first-order valence-electron chi connectivity index (χ1n) is 6.32. The summed E-state index contributed by atoms with van der Waals surface area (Å²) < 4.78 is 5.47. The summed E-state index contributed by atoms with van der Waals surface area (Å²) in [5.41, 5.74) is 3.39. The molecule has 1 aliphatic heterocycles. The van der Waals surface area contributed by atoms with Crippen LogP contribution >= 0.6 is 0 Å². The Morgan fingerprint density at radius 2 is 2.24 bits per heavy atom. The lowest BCUT2D eigenvalue weighted by Gasteiger charge is -2.34. The molecule has 0 aromatic heterocycles. The molecular formula is C14H18O3. The number of aliphatic hydroxyl groups excluding tert-OH is 1. The Bertz CT molecular complexity index is 442. The molecule has 1 heterocycles. The van der Waals surface area contributed by atoms with E-state index < -0.39 is 0 Å². The van der Waals surface area contributed by atoms with Crippen molar-refractivity contribution in [2.75, 3.05) is 0 Å². The van der Waals surface area contributed by atoms with Gasteiger partial charge in [-0.25, -0.2) is 4.79 Å². The number of fused-ring (bicyclic) bond motifs is 2. The quantitative estimate of drug-likeness (QED) is 0.303. The number of ether oxygens (including phenoxy) is 1. The van der Waals surface area contributed by atoms with E-state index in [0.717, 1.165) is 25.5 Å². The number of hydrogen-bond donors (Lipinski definition) is 1. The summed E-state index contributed by atoms with van der Waals surface area (Å²) in [6.07, 6.45) is 5.23. The number of allylic oxidation sites excluding steroid dienone is 1. The van der Waals surface area contributed by atoms with Crippen molar-refractivity contribution in [3.8, 4) is 0 Å². The van der Waals surface area contributed by atoms with E-state index in [2.05, 4.69) is 13.8 Å². The number of carbonyl (C=O) groups excluding carboxylic acids is 1. The van der Waals surface area contributed by atoms with E-state index in [4.69, 9.17) is 9.84 Å². The van der Waals surface area contributed by atoms with Gasteiger partial charge in [0.15, 0.2) is 0 Å². The van der Waals surface area contributed by atoms with Crippen molar-refractivity contribution in [3.63, 3.8) is 0 Å². The third kappa shape index (κ3) is 1.38. The average Bonchev–Trinajstić information content (AvgIpc) is 2.71. The third-order valence-corrected chi connectivity index (χ3v) is 4.51. The van der Waals surface area contributed by atoms with E-state index in [0.29, 0.717) is 5.57 Å². The molecule has 2 aliphatic carbocycles. The summed E-state index contributed by atoms with van der Waals surface area (Å²) in [5, 5.41) is 9.17. The molecule has 0 radical (unpaired) electrons. The van der Waals surface area contributed by atoms with Crippen LogP contribution in [0.5, 0.6) is 0 Å².